The van der Waals surface area contributed by atoms with Crippen LogP contribution in [0.2, 0.25) is 0 Å². The van der Waals surface area contributed by atoms with E-state index in [2.05, 4.69) is 15.0 Å². The van der Waals surface area contributed by atoms with Crippen LogP contribution in [0.15, 0.2) is 54.9 Å². The summed E-state index contributed by atoms with van der Waals surface area (Å²) in [5, 5.41) is 18.6. The number of nitrogens with one attached hydrogen (secondary N) is 2. The molecule has 30 heavy (non-hydrogen) atoms. The fourth-order valence-corrected chi connectivity index (χ4v) is 3.26. The number of nitrogens with zero attached hydrogens (tertiary/aromatic N) is 4. The molecule has 0 bridgehead atoms. The highest BCUT2D eigenvalue weighted by Gasteiger charge is 2.18. The van der Waals surface area contributed by atoms with Crippen molar-refractivity contribution in [3.63, 3.8) is 0 Å². The van der Waals surface area contributed by atoms with Crippen LogP contribution in [0.1, 0.15) is 18.1 Å². The average molecular weight is 403 g/mol. The molecule has 2 aromatic carbocycles. The Morgan fingerprint density at radius 1 is 1.27 bits per heavy atom. The van der Waals surface area contributed by atoms with Crippen molar-refractivity contribution in [1.82, 2.24) is 19.6 Å². The van der Waals surface area contributed by atoms with Gasteiger partial charge in [0.15, 0.2) is 11.6 Å². The molecule has 0 spiro atoms. The quantitative estimate of drug-likeness (QED) is 0.289. The molecule has 2 heterocycles. The van der Waals surface area contributed by atoms with Gasteiger partial charge in [0.1, 0.15) is 11.6 Å². The number of carbonyl (C=O) groups is 1. The minimum absolute atomic E-state index is 0.0278. The standard InChI is InChI=1S/C21H21N7O2/c1-13(29)27(10-8-14-2-5-16(30)6-3-14)28-11-9-24-21(28)20-25-17-7-4-15(19(22)23)12-18(17)26-20/h2-7,9,11-12,30H,8,10H2,1H3,(H3,22,23)(H,25,26). The maximum absolute atomic E-state index is 12.4. The predicted molar refractivity (Wildman–Crippen MR) is 114 cm³/mol. The van der Waals surface area contributed by atoms with E-state index in [1.807, 2.05) is 18.2 Å². The van der Waals surface area contributed by atoms with Crippen molar-refractivity contribution in [3.8, 4) is 17.4 Å². The molecule has 0 saturated heterocycles. The van der Waals surface area contributed by atoms with Crippen LogP contribution >= 0.6 is 0 Å². The van der Waals surface area contributed by atoms with Crippen LogP contribution in [-0.4, -0.2) is 43.0 Å². The molecule has 0 fully saturated rings. The summed E-state index contributed by atoms with van der Waals surface area (Å²) in [7, 11) is 0. The molecule has 152 valence electrons. The molecule has 5 N–H and O–H groups in total. The van der Waals surface area contributed by atoms with Gasteiger partial charge in [0.25, 0.3) is 0 Å². The number of H-pyrrole nitrogens is 1. The van der Waals surface area contributed by atoms with Crippen LogP contribution < -0.4 is 10.7 Å². The number of rotatable bonds is 6. The summed E-state index contributed by atoms with van der Waals surface area (Å²) in [4.78, 5) is 24.5. The Balaban J connectivity index is 1.64. The van der Waals surface area contributed by atoms with Crippen LogP contribution in [0.4, 0.5) is 0 Å². The van der Waals surface area contributed by atoms with Crippen molar-refractivity contribution in [1.29, 1.82) is 5.41 Å². The van der Waals surface area contributed by atoms with Crippen molar-refractivity contribution in [2.24, 2.45) is 5.73 Å². The maximum atomic E-state index is 12.4. The first kappa shape index (κ1) is 19.2. The Labute approximate surface area is 172 Å². The Hall–Kier alpha value is -4.14. The van der Waals surface area contributed by atoms with Gasteiger partial charge in [-0.2, -0.15) is 0 Å². The van der Waals surface area contributed by atoms with Crippen molar-refractivity contribution in [2.45, 2.75) is 13.3 Å². The number of imidazole rings is 2. The Bertz CT molecular complexity index is 1220. The fraction of sp³-hybridized carbons (Fsp3) is 0.143. The van der Waals surface area contributed by atoms with E-state index in [1.54, 1.807) is 46.3 Å². The smallest absolute Gasteiger partial charge is 0.238 e. The molecular formula is C21H21N7O2. The molecule has 9 heteroatoms. The molecule has 0 aliphatic heterocycles. The largest absolute Gasteiger partial charge is 0.508 e. The minimum Gasteiger partial charge on any atom is -0.508 e. The third-order valence-corrected chi connectivity index (χ3v) is 4.80. The molecular weight excluding hydrogens is 382 g/mol. The van der Waals surface area contributed by atoms with E-state index in [-0.39, 0.29) is 17.5 Å². The van der Waals surface area contributed by atoms with Gasteiger partial charge in [0.05, 0.1) is 11.0 Å². The average Bonchev–Trinajstić information content (AvgIpc) is 3.35. The van der Waals surface area contributed by atoms with Gasteiger partial charge in [-0.15, -0.1) is 0 Å². The molecule has 0 aliphatic rings. The van der Waals surface area contributed by atoms with Crippen molar-refractivity contribution >= 4 is 22.8 Å². The van der Waals surface area contributed by atoms with Crippen LogP contribution in [0.25, 0.3) is 22.7 Å². The summed E-state index contributed by atoms with van der Waals surface area (Å²) >= 11 is 0. The SMILES string of the molecule is CC(=O)N(CCc1ccc(O)cc1)n1ccnc1-c1nc2cc(C(=N)N)ccc2[nH]1. The number of hydrogen-bond donors (Lipinski definition) is 4. The number of benzene rings is 2. The highest BCUT2D eigenvalue weighted by molar-refractivity contribution is 5.98. The number of amidine groups is 1. The van der Waals surface area contributed by atoms with Gasteiger partial charge in [-0.1, -0.05) is 12.1 Å². The predicted octanol–water partition coefficient (Wildman–Crippen LogP) is 2.14. The number of amides is 1. The number of phenols is 1. The van der Waals surface area contributed by atoms with E-state index in [0.29, 0.717) is 35.7 Å². The zero-order valence-electron chi connectivity index (χ0n) is 16.3. The molecule has 1 amide bonds. The molecule has 2 aromatic heterocycles. The molecule has 0 aliphatic carbocycles. The summed E-state index contributed by atoms with van der Waals surface area (Å²) in [6, 6.07) is 12.2. The minimum atomic E-state index is -0.136. The second kappa shape index (κ2) is 7.70. The van der Waals surface area contributed by atoms with Gasteiger partial charge < -0.3 is 15.8 Å². The number of phenolic OH excluding ortho intramolecular Hbond substituents is 1. The van der Waals surface area contributed by atoms with Gasteiger partial charge in [0, 0.05) is 31.4 Å². The molecule has 4 aromatic rings. The Morgan fingerprint density at radius 2 is 2.03 bits per heavy atom. The monoisotopic (exact) mass is 403 g/mol. The highest BCUT2D eigenvalue weighted by atomic mass is 16.3. The van der Waals surface area contributed by atoms with E-state index in [9.17, 15) is 9.90 Å². The lowest BCUT2D eigenvalue weighted by atomic mass is 10.1. The summed E-state index contributed by atoms with van der Waals surface area (Å²) in [5.41, 5.74) is 8.59. The highest BCUT2D eigenvalue weighted by Crippen LogP contribution is 2.21. The van der Waals surface area contributed by atoms with Crippen LogP contribution in [-0.2, 0) is 11.2 Å². The van der Waals surface area contributed by atoms with E-state index in [0.717, 1.165) is 11.1 Å². The topological polar surface area (TPSA) is 137 Å². The number of hydrogen-bond acceptors (Lipinski definition) is 5. The third kappa shape index (κ3) is 3.72. The van der Waals surface area contributed by atoms with Crippen LogP contribution in [0, 0.1) is 5.41 Å². The number of nitrogen functional groups attached to an aromatic ring is 1. The molecule has 4 rings (SSSR count). The van der Waals surface area contributed by atoms with Gasteiger partial charge in [-0.05, 0) is 42.3 Å². The van der Waals surface area contributed by atoms with Gasteiger partial charge in [0.2, 0.25) is 5.91 Å². The number of aromatic nitrogens is 4. The van der Waals surface area contributed by atoms with E-state index in [4.69, 9.17) is 11.1 Å². The van der Waals surface area contributed by atoms with Gasteiger partial charge in [-0.25, -0.2) is 19.7 Å². The lowest BCUT2D eigenvalue weighted by Gasteiger charge is -2.23. The number of aromatic amines is 1. The Kier molecular flexibility index (Phi) is 4.93. The lowest BCUT2D eigenvalue weighted by Crippen LogP contribution is -2.40. The van der Waals surface area contributed by atoms with E-state index >= 15 is 0 Å². The van der Waals surface area contributed by atoms with Crippen molar-refractivity contribution in [3.05, 3.63) is 66.0 Å². The van der Waals surface area contributed by atoms with Crippen LogP contribution in [0.3, 0.4) is 0 Å². The molecule has 0 atom stereocenters. The zero-order valence-corrected chi connectivity index (χ0v) is 16.3. The fourth-order valence-electron chi connectivity index (χ4n) is 3.26. The van der Waals surface area contributed by atoms with E-state index < -0.39 is 0 Å². The molecule has 0 saturated carbocycles. The molecule has 0 unspecified atom stereocenters. The van der Waals surface area contributed by atoms with Gasteiger partial charge in [-0.3, -0.25) is 10.2 Å². The van der Waals surface area contributed by atoms with Gasteiger partial charge >= 0.3 is 0 Å². The molecule has 0 radical (unpaired) electrons. The number of carbonyl (C=O) groups excluding carboxylic acids is 1. The number of aromatic hydroxyl groups is 1. The second-order valence-electron chi connectivity index (χ2n) is 6.89. The van der Waals surface area contributed by atoms with Crippen LogP contribution in [0.5, 0.6) is 5.75 Å². The summed E-state index contributed by atoms with van der Waals surface area (Å²) in [6.07, 6.45) is 3.93. The number of nitrogens with two attached hydrogens (primary N) is 1. The maximum Gasteiger partial charge on any atom is 0.238 e. The second-order valence-corrected chi connectivity index (χ2v) is 6.89. The van der Waals surface area contributed by atoms with Crippen molar-refractivity contribution in [2.75, 3.05) is 11.6 Å². The van der Waals surface area contributed by atoms with Crippen molar-refractivity contribution < 1.29 is 9.90 Å². The molecule has 9 nitrogen and oxygen atoms in total. The third-order valence-electron chi connectivity index (χ3n) is 4.80. The lowest BCUT2D eigenvalue weighted by molar-refractivity contribution is -0.118. The number of fused-ring (bicyclic) bond motifs is 1. The Morgan fingerprint density at radius 3 is 2.73 bits per heavy atom. The van der Waals surface area contributed by atoms with E-state index in [1.165, 1.54) is 6.92 Å². The normalized spacial score (nSPS) is 11.0. The first-order valence-corrected chi connectivity index (χ1v) is 9.36. The first-order chi connectivity index (χ1) is 14.4. The summed E-state index contributed by atoms with van der Waals surface area (Å²) in [6.45, 7) is 1.93. The summed E-state index contributed by atoms with van der Waals surface area (Å²) in [5.74, 6) is 1.04. The summed E-state index contributed by atoms with van der Waals surface area (Å²) < 4.78 is 1.67. The first-order valence-electron chi connectivity index (χ1n) is 9.36. The zero-order chi connectivity index (χ0) is 21.3.